The van der Waals surface area contributed by atoms with E-state index in [1.807, 2.05) is 36.1 Å². The van der Waals surface area contributed by atoms with Crippen LogP contribution in [0.25, 0.3) is 0 Å². The van der Waals surface area contributed by atoms with Crippen LogP contribution in [-0.2, 0) is 11.0 Å². The standard InChI is InChI=1S/C32H36F3N3O2/c1-6-16-31(17-7-2)21-27-28(25-15-10-9-12-22(25)4)38(19-18-37(27)29(31)39)30(40)36(5)26(8-3)23-13-11-14-24(20-23)32(33,34)35/h6-15,20,26-28H,1-3,16-19,21H2,4-5H3/t26?,27-,28-/m0/s1. The molecule has 0 saturated carbocycles. The Kier molecular flexibility index (Phi) is 8.28. The van der Waals surface area contributed by atoms with Crippen molar-refractivity contribution in [1.29, 1.82) is 0 Å². The number of carbonyl (C=O) groups is 2. The number of rotatable bonds is 8. The highest BCUT2D eigenvalue weighted by Crippen LogP contribution is 2.49. The molecule has 2 aromatic carbocycles. The third kappa shape index (κ3) is 5.19. The summed E-state index contributed by atoms with van der Waals surface area (Å²) in [5.74, 6) is 0.0456. The molecular weight excluding hydrogens is 515 g/mol. The van der Waals surface area contributed by atoms with Crippen molar-refractivity contribution in [3.05, 3.63) is 109 Å². The summed E-state index contributed by atoms with van der Waals surface area (Å²) in [6.45, 7) is 14.2. The van der Waals surface area contributed by atoms with Crippen molar-refractivity contribution in [3.8, 4) is 0 Å². The van der Waals surface area contributed by atoms with Crippen LogP contribution in [-0.4, -0.2) is 52.8 Å². The Bertz CT molecular complexity index is 1290. The zero-order chi connectivity index (χ0) is 29.2. The van der Waals surface area contributed by atoms with Gasteiger partial charge in [0.2, 0.25) is 5.91 Å². The number of hydrogen-bond donors (Lipinski definition) is 0. The van der Waals surface area contributed by atoms with Gasteiger partial charge in [0, 0.05) is 20.1 Å². The maximum Gasteiger partial charge on any atom is 0.416 e. The lowest BCUT2D eigenvalue weighted by atomic mass is 9.76. The Morgan fingerprint density at radius 1 is 1.10 bits per heavy atom. The first kappa shape index (κ1) is 29.2. The molecule has 0 N–H and O–H groups in total. The van der Waals surface area contributed by atoms with Crippen molar-refractivity contribution < 1.29 is 22.8 Å². The molecule has 4 rings (SSSR count). The molecule has 0 aliphatic carbocycles. The number of halogens is 3. The van der Waals surface area contributed by atoms with Crippen LogP contribution in [0.4, 0.5) is 18.0 Å². The fraction of sp³-hybridized carbons (Fsp3) is 0.375. The molecule has 2 aliphatic heterocycles. The SMILES string of the molecule is C=CCC1(CC=C)C[C@H]2[C@H](c3ccccc3C)N(C(=O)N(C)C(C=C)c3cccc(C(F)(F)F)c3)CCN2C1=O. The molecule has 0 bridgehead atoms. The lowest BCUT2D eigenvalue weighted by Crippen LogP contribution is -2.57. The molecule has 0 radical (unpaired) electrons. The van der Waals surface area contributed by atoms with E-state index in [2.05, 4.69) is 19.7 Å². The van der Waals surface area contributed by atoms with E-state index >= 15 is 0 Å². The average Bonchev–Trinajstić information content (AvgIpc) is 3.19. The molecule has 2 aromatic rings. The van der Waals surface area contributed by atoms with Gasteiger partial charge in [-0.15, -0.1) is 19.7 Å². The summed E-state index contributed by atoms with van der Waals surface area (Å²) >= 11 is 0. The van der Waals surface area contributed by atoms with Crippen molar-refractivity contribution in [2.45, 2.75) is 50.5 Å². The number of carbonyl (C=O) groups excluding carboxylic acids is 2. The van der Waals surface area contributed by atoms with Gasteiger partial charge in [0.05, 0.1) is 29.1 Å². The van der Waals surface area contributed by atoms with Gasteiger partial charge in [0.1, 0.15) is 0 Å². The minimum absolute atomic E-state index is 0.0456. The molecule has 3 amide bonds. The van der Waals surface area contributed by atoms with Crippen molar-refractivity contribution in [1.82, 2.24) is 14.7 Å². The zero-order valence-corrected chi connectivity index (χ0v) is 23.0. The van der Waals surface area contributed by atoms with Gasteiger partial charge in [-0.1, -0.05) is 54.6 Å². The van der Waals surface area contributed by atoms with Gasteiger partial charge in [0.25, 0.3) is 0 Å². The van der Waals surface area contributed by atoms with Gasteiger partial charge in [-0.2, -0.15) is 13.2 Å². The molecule has 0 spiro atoms. The number of nitrogens with zero attached hydrogens (tertiary/aromatic N) is 3. The summed E-state index contributed by atoms with van der Waals surface area (Å²) in [6, 6.07) is 11.0. The Labute approximate surface area is 234 Å². The molecule has 212 valence electrons. The number of allylic oxidation sites excluding steroid dienone is 2. The number of urea groups is 1. The van der Waals surface area contributed by atoms with Crippen molar-refractivity contribution >= 4 is 11.9 Å². The summed E-state index contributed by atoms with van der Waals surface area (Å²) in [5.41, 5.74) is 0.800. The van der Waals surface area contributed by atoms with Gasteiger partial charge >= 0.3 is 12.2 Å². The summed E-state index contributed by atoms with van der Waals surface area (Å²) in [7, 11) is 1.58. The average molecular weight is 552 g/mol. The summed E-state index contributed by atoms with van der Waals surface area (Å²) in [4.78, 5) is 33.0. The van der Waals surface area contributed by atoms with Crippen molar-refractivity contribution in [3.63, 3.8) is 0 Å². The number of benzene rings is 2. The van der Waals surface area contributed by atoms with Gasteiger partial charge in [-0.25, -0.2) is 4.79 Å². The van der Waals surface area contributed by atoms with E-state index in [0.717, 1.165) is 23.3 Å². The summed E-state index contributed by atoms with van der Waals surface area (Å²) < 4.78 is 40.3. The number of alkyl halides is 3. The lowest BCUT2D eigenvalue weighted by Gasteiger charge is -2.47. The van der Waals surface area contributed by atoms with Crippen LogP contribution in [0.15, 0.2) is 86.5 Å². The number of amides is 3. The highest BCUT2D eigenvalue weighted by molar-refractivity contribution is 5.87. The zero-order valence-electron chi connectivity index (χ0n) is 23.0. The molecule has 3 atom stereocenters. The maximum atomic E-state index is 14.2. The number of likely N-dealkylation sites (N-methyl/N-ethyl adjacent to an activating group) is 1. The maximum absolute atomic E-state index is 14.2. The van der Waals surface area contributed by atoms with E-state index < -0.39 is 29.2 Å². The summed E-state index contributed by atoms with van der Waals surface area (Å²) in [6.07, 6.45) is 2.06. The molecule has 1 unspecified atom stereocenters. The molecule has 2 saturated heterocycles. The molecule has 2 aliphatic rings. The minimum atomic E-state index is -4.51. The van der Waals surface area contributed by atoms with Crippen LogP contribution in [0.3, 0.4) is 0 Å². The summed E-state index contributed by atoms with van der Waals surface area (Å²) in [5, 5.41) is 0. The van der Waals surface area contributed by atoms with Crippen molar-refractivity contribution in [2.75, 3.05) is 20.1 Å². The van der Waals surface area contributed by atoms with Crippen LogP contribution in [0.2, 0.25) is 0 Å². The van der Waals surface area contributed by atoms with Gasteiger partial charge < -0.3 is 14.7 Å². The number of hydrogen-bond acceptors (Lipinski definition) is 2. The van der Waals surface area contributed by atoms with E-state index in [0.29, 0.717) is 31.4 Å². The minimum Gasteiger partial charge on any atom is -0.335 e. The second-order valence-corrected chi connectivity index (χ2v) is 10.7. The number of aryl methyl sites for hydroxylation is 1. The van der Waals surface area contributed by atoms with Crippen LogP contribution in [0, 0.1) is 12.3 Å². The van der Waals surface area contributed by atoms with E-state index in [1.54, 1.807) is 30.2 Å². The number of piperazine rings is 1. The van der Waals surface area contributed by atoms with Crippen LogP contribution in [0.5, 0.6) is 0 Å². The third-order valence-electron chi connectivity index (χ3n) is 8.32. The van der Waals surface area contributed by atoms with E-state index in [9.17, 15) is 22.8 Å². The molecule has 2 heterocycles. The second-order valence-electron chi connectivity index (χ2n) is 10.7. The Balaban J connectivity index is 1.74. The van der Waals surface area contributed by atoms with Crippen LogP contribution < -0.4 is 0 Å². The third-order valence-corrected chi connectivity index (χ3v) is 8.32. The largest absolute Gasteiger partial charge is 0.416 e. The van der Waals surface area contributed by atoms with Crippen LogP contribution in [0.1, 0.15) is 53.6 Å². The second kappa shape index (κ2) is 11.4. The quantitative estimate of drug-likeness (QED) is 0.329. The fourth-order valence-corrected chi connectivity index (χ4v) is 6.39. The Morgan fingerprint density at radius 2 is 1.77 bits per heavy atom. The Hall–Kier alpha value is -3.81. The predicted molar refractivity (Wildman–Crippen MR) is 150 cm³/mol. The van der Waals surface area contributed by atoms with Gasteiger partial charge in [0.15, 0.2) is 0 Å². The first-order valence-corrected chi connectivity index (χ1v) is 13.4. The van der Waals surface area contributed by atoms with E-state index in [4.69, 9.17) is 0 Å². The van der Waals surface area contributed by atoms with Gasteiger partial charge in [-0.05, 0) is 55.0 Å². The van der Waals surface area contributed by atoms with Crippen molar-refractivity contribution in [2.24, 2.45) is 5.41 Å². The van der Waals surface area contributed by atoms with Gasteiger partial charge in [-0.3, -0.25) is 4.79 Å². The highest BCUT2D eigenvalue weighted by Gasteiger charge is 2.56. The fourth-order valence-electron chi connectivity index (χ4n) is 6.39. The van der Waals surface area contributed by atoms with Crippen LogP contribution >= 0.6 is 0 Å². The topological polar surface area (TPSA) is 43.9 Å². The molecule has 5 nitrogen and oxygen atoms in total. The first-order valence-electron chi connectivity index (χ1n) is 13.4. The normalized spacial score (nSPS) is 21.0. The van der Waals surface area contributed by atoms with E-state index in [-0.39, 0.29) is 24.5 Å². The molecular formula is C32H36F3N3O2. The van der Waals surface area contributed by atoms with E-state index in [1.165, 1.54) is 17.0 Å². The monoisotopic (exact) mass is 551 g/mol. The highest BCUT2D eigenvalue weighted by atomic mass is 19.4. The Morgan fingerprint density at radius 3 is 2.38 bits per heavy atom. The molecule has 0 aromatic heterocycles. The smallest absolute Gasteiger partial charge is 0.335 e. The first-order chi connectivity index (χ1) is 19.0. The molecule has 2 fully saturated rings. The lowest BCUT2D eigenvalue weighted by molar-refractivity contribution is -0.139. The molecule has 8 heteroatoms. The molecule has 40 heavy (non-hydrogen) atoms. The number of fused-ring (bicyclic) bond motifs is 1. The predicted octanol–water partition coefficient (Wildman–Crippen LogP) is 7.09.